The van der Waals surface area contributed by atoms with Crippen LogP contribution in [0.1, 0.15) is 32.6 Å². The predicted molar refractivity (Wildman–Crippen MR) is 53.2 cm³/mol. The normalized spacial score (nSPS) is 31.1. The monoisotopic (exact) mass is 173 g/mol. The molecule has 1 rings (SSSR count). The van der Waals surface area contributed by atoms with Gasteiger partial charge in [0.1, 0.15) is 0 Å². The van der Waals surface area contributed by atoms with Gasteiger partial charge in [0.25, 0.3) is 0 Å². The van der Waals surface area contributed by atoms with Gasteiger partial charge in [0.2, 0.25) is 0 Å². The summed E-state index contributed by atoms with van der Waals surface area (Å²) >= 11 is 2.16. The zero-order valence-electron chi connectivity index (χ0n) is 7.60. The minimum absolute atomic E-state index is 0.810. The highest BCUT2D eigenvalue weighted by atomic mass is 32.2. The average molecular weight is 173 g/mol. The lowest BCUT2D eigenvalue weighted by Gasteiger charge is -2.09. The van der Waals surface area contributed by atoms with Gasteiger partial charge in [-0.1, -0.05) is 6.92 Å². The van der Waals surface area contributed by atoms with Crippen molar-refractivity contribution in [2.24, 2.45) is 0 Å². The number of rotatable bonds is 4. The van der Waals surface area contributed by atoms with Crippen LogP contribution >= 0.6 is 11.8 Å². The highest BCUT2D eigenvalue weighted by molar-refractivity contribution is 7.99. The van der Waals surface area contributed by atoms with E-state index in [0.717, 1.165) is 11.3 Å². The molecule has 2 heteroatoms. The summed E-state index contributed by atoms with van der Waals surface area (Å²) in [6, 6.07) is 0.810. The molecule has 1 aliphatic carbocycles. The molecule has 0 spiro atoms. The molecule has 11 heavy (non-hydrogen) atoms. The topological polar surface area (TPSA) is 12.0 Å². The smallest absolute Gasteiger partial charge is 0.00750 e. The molecule has 2 atom stereocenters. The van der Waals surface area contributed by atoms with E-state index in [1.807, 2.05) is 0 Å². The van der Waals surface area contributed by atoms with E-state index in [9.17, 15) is 0 Å². The standard InChI is InChI=1S/C9H19NS/c1-3-6-11-9-5-4-8(7-9)10-2/h8-10H,3-7H2,1-2H3. The first-order valence-electron chi connectivity index (χ1n) is 4.65. The van der Waals surface area contributed by atoms with Crippen LogP contribution in [-0.2, 0) is 0 Å². The number of hydrogen-bond acceptors (Lipinski definition) is 2. The molecule has 0 aromatic carbocycles. The molecule has 1 nitrogen and oxygen atoms in total. The van der Waals surface area contributed by atoms with Crippen LogP contribution in [0.15, 0.2) is 0 Å². The van der Waals surface area contributed by atoms with Gasteiger partial charge in [-0.3, -0.25) is 0 Å². The summed E-state index contributed by atoms with van der Waals surface area (Å²) in [5.41, 5.74) is 0. The second-order valence-electron chi connectivity index (χ2n) is 3.29. The van der Waals surface area contributed by atoms with E-state index in [0.29, 0.717) is 0 Å². The van der Waals surface area contributed by atoms with Gasteiger partial charge in [0.15, 0.2) is 0 Å². The van der Waals surface area contributed by atoms with Crippen molar-refractivity contribution in [2.75, 3.05) is 12.8 Å². The van der Waals surface area contributed by atoms with Gasteiger partial charge in [-0.25, -0.2) is 0 Å². The summed E-state index contributed by atoms with van der Waals surface area (Å²) in [5.74, 6) is 1.35. The first kappa shape index (κ1) is 9.40. The van der Waals surface area contributed by atoms with E-state index < -0.39 is 0 Å². The van der Waals surface area contributed by atoms with Gasteiger partial charge in [0.05, 0.1) is 0 Å². The van der Waals surface area contributed by atoms with E-state index in [1.54, 1.807) is 0 Å². The number of hydrogen-bond donors (Lipinski definition) is 1. The fourth-order valence-electron chi connectivity index (χ4n) is 1.64. The fraction of sp³-hybridized carbons (Fsp3) is 1.00. The van der Waals surface area contributed by atoms with E-state index in [1.165, 1.54) is 31.4 Å². The van der Waals surface area contributed by atoms with Crippen molar-refractivity contribution in [1.82, 2.24) is 5.32 Å². The molecule has 1 saturated carbocycles. The summed E-state index contributed by atoms with van der Waals surface area (Å²) < 4.78 is 0. The van der Waals surface area contributed by atoms with E-state index >= 15 is 0 Å². The maximum absolute atomic E-state index is 3.36. The van der Waals surface area contributed by atoms with Crippen LogP contribution < -0.4 is 5.32 Å². The molecule has 0 radical (unpaired) electrons. The fourth-order valence-corrected chi connectivity index (χ4v) is 2.88. The second-order valence-corrected chi connectivity index (χ2v) is 4.70. The molecule has 1 fully saturated rings. The van der Waals surface area contributed by atoms with Gasteiger partial charge in [-0.2, -0.15) is 11.8 Å². The molecule has 0 aromatic heterocycles. The van der Waals surface area contributed by atoms with Crippen LogP contribution in [0.4, 0.5) is 0 Å². The minimum Gasteiger partial charge on any atom is -0.317 e. The van der Waals surface area contributed by atoms with Crippen molar-refractivity contribution in [3.63, 3.8) is 0 Å². The Hall–Kier alpha value is 0.310. The van der Waals surface area contributed by atoms with Crippen LogP contribution in [0, 0.1) is 0 Å². The van der Waals surface area contributed by atoms with Crippen molar-refractivity contribution >= 4 is 11.8 Å². The Morgan fingerprint density at radius 1 is 1.45 bits per heavy atom. The van der Waals surface area contributed by atoms with Crippen LogP contribution in [-0.4, -0.2) is 24.1 Å². The zero-order valence-corrected chi connectivity index (χ0v) is 8.41. The molecular weight excluding hydrogens is 154 g/mol. The zero-order chi connectivity index (χ0) is 8.10. The van der Waals surface area contributed by atoms with E-state index in [4.69, 9.17) is 0 Å². The SMILES string of the molecule is CCCSC1CCC(NC)C1. The van der Waals surface area contributed by atoms with Crippen molar-refractivity contribution < 1.29 is 0 Å². The molecule has 1 N–H and O–H groups in total. The molecule has 0 heterocycles. The largest absolute Gasteiger partial charge is 0.317 e. The van der Waals surface area contributed by atoms with Gasteiger partial charge in [0, 0.05) is 11.3 Å². The minimum atomic E-state index is 0.810. The van der Waals surface area contributed by atoms with Crippen LogP contribution in [0.5, 0.6) is 0 Å². The van der Waals surface area contributed by atoms with Crippen LogP contribution in [0.3, 0.4) is 0 Å². The Bertz CT molecular complexity index is 106. The molecule has 0 aliphatic heterocycles. The molecule has 0 saturated heterocycles. The van der Waals surface area contributed by atoms with Gasteiger partial charge >= 0.3 is 0 Å². The lowest BCUT2D eigenvalue weighted by atomic mass is 10.3. The highest BCUT2D eigenvalue weighted by Crippen LogP contribution is 2.29. The third-order valence-corrected chi connectivity index (χ3v) is 3.89. The van der Waals surface area contributed by atoms with Gasteiger partial charge in [-0.15, -0.1) is 0 Å². The molecule has 2 unspecified atom stereocenters. The molecule has 0 amide bonds. The number of thioether (sulfide) groups is 1. The first-order valence-corrected chi connectivity index (χ1v) is 5.70. The third-order valence-electron chi connectivity index (χ3n) is 2.35. The van der Waals surface area contributed by atoms with Crippen LogP contribution in [0.2, 0.25) is 0 Å². The Kier molecular flexibility index (Phi) is 4.31. The summed E-state index contributed by atoms with van der Waals surface area (Å²) in [6.45, 7) is 2.26. The first-order chi connectivity index (χ1) is 5.36. The number of nitrogens with one attached hydrogen (secondary N) is 1. The summed E-state index contributed by atoms with van der Waals surface area (Å²) in [5, 5.41) is 4.31. The van der Waals surface area contributed by atoms with Crippen molar-refractivity contribution in [3.05, 3.63) is 0 Å². The van der Waals surface area contributed by atoms with Gasteiger partial charge in [-0.05, 0) is 38.5 Å². The molecule has 66 valence electrons. The Balaban J connectivity index is 2.09. The van der Waals surface area contributed by atoms with Crippen molar-refractivity contribution in [1.29, 1.82) is 0 Å². The van der Waals surface area contributed by atoms with Crippen LogP contribution in [0.25, 0.3) is 0 Å². The summed E-state index contributed by atoms with van der Waals surface area (Å²) in [6.07, 6.45) is 5.53. The molecule has 0 bridgehead atoms. The predicted octanol–water partition coefficient (Wildman–Crippen LogP) is 2.27. The highest BCUT2D eigenvalue weighted by Gasteiger charge is 2.22. The maximum atomic E-state index is 3.36. The third kappa shape index (κ3) is 3.04. The molecule has 0 aromatic rings. The quantitative estimate of drug-likeness (QED) is 0.700. The molecular formula is C9H19NS. The van der Waals surface area contributed by atoms with Gasteiger partial charge < -0.3 is 5.32 Å². The lowest BCUT2D eigenvalue weighted by molar-refractivity contribution is 0.583. The summed E-state index contributed by atoms with van der Waals surface area (Å²) in [4.78, 5) is 0. The average Bonchev–Trinajstić information content (AvgIpc) is 2.48. The molecule has 1 aliphatic rings. The Morgan fingerprint density at radius 2 is 2.27 bits per heavy atom. The lowest BCUT2D eigenvalue weighted by Crippen LogP contribution is -2.21. The maximum Gasteiger partial charge on any atom is 0.00750 e. The van der Waals surface area contributed by atoms with E-state index in [2.05, 4.69) is 31.1 Å². The second kappa shape index (κ2) is 5.04. The Labute approximate surface area is 74.3 Å². The van der Waals surface area contributed by atoms with E-state index in [-0.39, 0.29) is 0 Å². The van der Waals surface area contributed by atoms with Crippen molar-refractivity contribution in [3.8, 4) is 0 Å². The Morgan fingerprint density at radius 3 is 2.82 bits per heavy atom. The van der Waals surface area contributed by atoms with Crippen molar-refractivity contribution in [2.45, 2.75) is 43.9 Å². The summed E-state index contributed by atoms with van der Waals surface area (Å²) in [7, 11) is 2.08.